The molecular formula is C20H20FN5OS. The number of aliphatic hydroxyl groups excluding tert-OH is 1. The van der Waals surface area contributed by atoms with Gasteiger partial charge in [-0.1, -0.05) is 0 Å². The van der Waals surface area contributed by atoms with Crippen LogP contribution in [0.1, 0.15) is 18.5 Å². The van der Waals surface area contributed by atoms with Crippen LogP contribution in [0.25, 0.3) is 21.9 Å². The van der Waals surface area contributed by atoms with Crippen LogP contribution in [0, 0.1) is 5.82 Å². The van der Waals surface area contributed by atoms with E-state index < -0.39 is 0 Å². The van der Waals surface area contributed by atoms with Gasteiger partial charge in [-0.2, -0.15) is 0 Å². The zero-order chi connectivity index (χ0) is 19.1. The predicted octanol–water partition coefficient (Wildman–Crippen LogP) is 2.96. The number of hydrogen-bond donors (Lipinski definition) is 2. The number of aromatic nitrogens is 2. The second-order valence-electron chi connectivity index (χ2n) is 7.04. The van der Waals surface area contributed by atoms with Gasteiger partial charge in [-0.15, -0.1) is 11.3 Å². The molecule has 0 aliphatic carbocycles. The Labute approximate surface area is 165 Å². The summed E-state index contributed by atoms with van der Waals surface area (Å²) < 4.78 is 15.5. The van der Waals surface area contributed by atoms with Crippen LogP contribution in [0.15, 0.2) is 46.9 Å². The average molecular weight is 397 g/mol. The SMILES string of the molecule is OC1CCN(C2N=CC=C(c3c(-c4ccc(F)cc4)nc4sccn34)N2)CC1. The molecule has 2 aliphatic rings. The molecule has 1 atom stereocenters. The number of rotatable bonds is 3. The van der Waals surface area contributed by atoms with Crippen LogP contribution in [0.5, 0.6) is 0 Å². The van der Waals surface area contributed by atoms with Crippen molar-refractivity contribution in [2.45, 2.75) is 25.2 Å². The molecule has 0 saturated carbocycles. The summed E-state index contributed by atoms with van der Waals surface area (Å²) in [6.45, 7) is 1.60. The van der Waals surface area contributed by atoms with Gasteiger partial charge in [-0.05, 0) is 43.2 Å². The second-order valence-corrected chi connectivity index (χ2v) is 7.91. The van der Waals surface area contributed by atoms with Gasteiger partial charge in [0, 0.05) is 36.4 Å². The molecule has 4 heterocycles. The predicted molar refractivity (Wildman–Crippen MR) is 109 cm³/mol. The Kier molecular flexibility index (Phi) is 4.46. The first-order valence-electron chi connectivity index (χ1n) is 9.33. The fraction of sp³-hybridized carbons (Fsp3) is 0.300. The molecule has 1 fully saturated rings. The maximum absolute atomic E-state index is 13.4. The molecule has 0 spiro atoms. The Balaban J connectivity index is 1.51. The summed E-state index contributed by atoms with van der Waals surface area (Å²) in [5.74, 6) is -0.263. The number of nitrogens with zero attached hydrogens (tertiary/aromatic N) is 4. The lowest BCUT2D eigenvalue weighted by molar-refractivity contribution is 0.0583. The Morgan fingerprint density at radius 3 is 2.75 bits per heavy atom. The van der Waals surface area contributed by atoms with Crippen molar-refractivity contribution >= 4 is 28.2 Å². The van der Waals surface area contributed by atoms with Crippen molar-refractivity contribution < 1.29 is 9.50 Å². The highest BCUT2D eigenvalue weighted by Crippen LogP contribution is 2.31. The molecular weight excluding hydrogens is 377 g/mol. The summed E-state index contributed by atoms with van der Waals surface area (Å²) in [5.41, 5.74) is 3.55. The minimum Gasteiger partial charge on any atom is -0.393 e. The van der Waals surface area contributed by atoms with Crippen LogP contribution in [0.2, 0.25) is 0 Å². The van der Waals surface area contributed by atoms with E-state index in [0.717, 1.165) is 53.5 Å². The molecule has 2 aromatic heterocycles. The number of aliphatic imine (C=N–C) groups is 1. The highest BCUT2D eigenvalue weighted by Gasteiger charge is 2.27. The van der Waals surface area contributed by atoms with Crippen LogP contribution in [0.4, 0.5) is 4.39 Å². The molecule has 3 aromatic rings. The quantitative estimate of drug-likeness (QED) is 0.713. The average Bonchev–Trinajstić information content (AvgIpc) is 3.30. The second kappa shape index (κ2) is 7.12. The summed E-state index contributed by atoms with van der Waals surface area (Å²) in [6, 6.07) is 6.43. The number of aliphatic hydroxyl groups is 1. The number of hydrogen-bond acceptors (Lipinski definition) is 6. The van der Waals surface area contributed by atoms with Crippen molar-refractivity contribution in [3.63, 3.8) is 0 Å². The van der Waals surface area contributed by atoms with Gasteiger partial charge in [0.25, 0.3) is 0 Å². The molecule has 1 unspecified atom stereocenters. The van der Waals surface area contributed by atoms with Crippen molar-refractivity contribution in [2.24, 2.45) is 4.99 Å². The van der Waals surface area contributed by atoms with E-state index in [1.807, 2.05) is 23.9 Å². The number of thiazole rings is 1. The number of likely N-dealkylation sites (tertiary alicyclic amines) is 1. The molecule has 28 heavy (non-hydrogen) atoms. The molecule has 6 nitrogen and oxygen atoms in total. The highest BCUT2D eigenvalue weighted by molar-refractivity contribution is 7.15. The van der Waals surface area contributed by atoms with Gasteiger partial charge in [0.05, 0.1) is 23.2 Å². The number of fused-ring (bicyclic) bond motifs is 1. The normalized spacial score (nSPS) is 21.1. The van der Waals surface area contributed by atoms with E-state index in [9.17, 15) is 9.50 Å². The number of piperidine rings is 1. The molecule has 8 heteroatoms. The van der Waals surface area contributed by atoms with Crippen molar-refractivity contribution in [3.05, 3.63) is 53.4 Å². The lowest BCUT2D eigenvalue weighted by Gasteiger charge is -2.36. The zero-order valence-electron chi connectivity index (χ0n) is 15.1. The van der Waals surface area contributed by atoms with Gasteiger partial charge in [0.2, 0.25) is 0 Å². The van der Waals surface area contributed by atoms with E-state index in [0.29, 0.717) is 0 Å². The fourth-order valence-electron chi connectivity index (χ4n) is 3.74. The van der Waals surface area contributed by atoms with E-state index in [-0.39, 0.29) is 18.2 Å². The summed E-state index contributed by atoms with van der Waals surface area (Å²) >= 11 is 1.56. The monoisotopic (exact) mass is 397 g/mol. The molecule has 0 bridgehead atoms. The Morgan fingerprint density at radius 2 is 1.96 bits per heavy atom. The van der Waals surface area contributed by atoms with E-state index >= 15 is 0 Å². The Morgan fingerprint density at radius 1 is 1.18 bits per heavy atom. The van der Waals surface area contributed by atoms with Crippen LogP contribution in [-0.4, -0.2) is 51.1 Å². The fourth-order valence-corrected chi connectivity index (χ4v) is 4.45. The summed E-state index contributed by atoms with van der Waals surface area (Å²) in [7, 11) is 0. The van der Waals surface area contributed by atoms with Crippen molar-refractivity contribution in [2.75, 3.05) is 13.1 Å². The minimum atomic E-state index is -0.263. The molecule has 144 valence electrons. The number of benzene rings is 1. The molecule has 1 saturated heterocycles. The summed E-state index contributed by atoms with van der Waals surface area (Å²) in [5, 5.41) is 15.3. The van der Waals surface area contributed by atoms with Gasteiger partial charge in [-0.25, -0.2) is 9.37 Å². The van der Waals surface area contributed by atoms with Gasteiger partial charge >= 0.3 is 0 Å². The van der Waals surface area contributed by atoms with Crippen molar-refractivity contribution in [1.29, 1.82) is 0 Å². The van der Waals surface area contributed by atoms with Crippen molar-refractivity contribution in [3.8, 4) is 11.3 Å². The standard InChI is InChI=1S/C20H20FN5OS/c21-14-3-1-13(2-4-14)17-18(26-11-12-28-20(26)24-17)16-5-8-22-19(23-16)25-9-6-15(27)7-10-25/h1-5,8,11-12,15,19,23,27H,6-7,9-10H2. The topological polar surface area (TPSA) is 65.2 Å². The first-order valence-corrected chi connectivity index (χ1v) is 10.2. The first-order chi connectivity index (χ1) is 13.7. The smallest absolute Gasteiger partial charge is 0.194 e. The summed E-state index contributed by atoms with van der Waals surface area (Å²) in [6.07, 6.45) is 6.90. The van der Waals surface area contributed by atoms with E-state index in [1.165, 1.54) is 12.1 Å². The maximum atomic E-state index is 13.4. The Bertz CT molecular complexity index is 1050. The van der Waals surface area contributed by atoms with Crippen LogP contribution >= 0.6 is 11.3 Å². The maximum Gasteiger partial charge on any atom is 0.194 e. The Hall–Kier alpha value is -2.55. The summed E-state index contributed by atoms with van der Waals surface area (Å²) in [4.78, 5) is 12.5. The van der Waals surface area contributed by atoms with Gasteiger partial charge in [0.15, 0.2) is 11.3 Å². The zero-order valence-corrected chi connectivity index (χ0v) is 15.9. The lowest BCUT2D eigenvalue weighted by Crippen LogP contribution is -2.49. The highest BCUT2D eigenvalue weighted by atomic mass is 32.1. The number of imidazole rings is 1. The molecule has 1 aromatic carbocycles. The van der Waals surface area contributed by atoms with Crippen LogP contribution in [-0.2, 0) is 0 Å². The van der Waals surface area contributed by atoms with Crippen molar-refractivity contribution in [1.82, 2.24) is 19.6 Å². The van der Waals surface area contributed by atoms with Crippen LogP contribution in [0.3, 0.4) is 0 Å². The van der Waals surface area contributed by atoms with Crippen LogP contribution < -0.4 is 5.32 Å². The third-order valence-electron chi connectivity index (χ3n) is 5.23. The largest absolute Gasteiger partial charge is 0.393 e. The van der Waals surface area contributed by atoms with E-state index in [1.54, 1.807) is 23.5 Å². The number of allylic oxidation sites excluding steroid dienone is 1. The molecule has 0 radical (unpaired) electrons. The minimum absolute atomic E-state index is 0.169. The third kappa shape index (κ3) is 3.13. The van der Waals surface area contributed by atoms with E-state index in [4.69, 9.17) is 4.98 Å². The number of nitrogens with one attached hydrogen (secondary N) is 1. The van der Waals surface area contributed by atoms with Gasteiger partial charge in [0.1, 0.15) is 5.82 Å². The lowest BCUT2D eigenvalue weighted by atomic mass is 10.1. The molecule has 0 amide bonds. The van der Waals surface area contributed by atoms with E-state index in [2.05, 4.69) is 19.6 Å². The molecule has 2 aliphatic heterocycles. The van der Waals surface area contributed by atoms with Gasteiger partial charge in [-0.3, -0.25) is 14.3 Å². The van der Waals surface area contributed by atoms with Gasteiger partial charge < -0.3 is 10.4 Å². The molecule has 2 N–H and O–H groups in total. The first kappa shape index (κ1) is 17.5. The molecule has 5 rings (SSSR count). The third-order valence-corrected chi connectivity index (χ3v) is 5.99. The number of halogens is 1.